The van der Waals surface area contributed by atoms with Crippen molar-refractivity contribution in [2.45, 2.75) is 20.3 Å². The van der Waals surface area contributed by atoms with Crippen LogP contribution >= 0.6 is 0 Å². The summed E-state index contributed by atoms with van der Waals surface area (Å²) in [5.41, 5.74) is 1.30. The van der Waals surface area contributed by atoms with Crippen LogP contribution in [0.5, 0.6) is 0 Å². The molecule has 0 bridgehead atoms. The van der Waals surface area contributed by atoms with Gasteiger partial charge in [-0.05, 0) is 19.1 Å². The molecule has 72 valence electrons. The normalized spacial score (nSPS) is 10.7. The van der Waals surface area contributed by atoms with Crippen LogP contribution in [0.1, 0.15) is 29.5 Å². The number of fused-ring (bicyclic) bond motifs is 1. The number of Topliss-reactive ketones (excluding diaryl/α,β-unsaturated/α-hetero) is 1. The zero-order chi connectivity index (χ0) is 10.1. The van der Waals surface area contributed by atoms with Crippen LogP contribution in [0.25, 0.3) is 5.65 Å². The van der Waals surface area contributed by atoms with Gasteiger partial charge in [0.25, 0.3) is 0 Å². The Labute approximate surface area is 81.6 Å². The molecule has 0 atom stereocenters. The fourth-order valence-corrected chi connectivity index (χ4v) is 1.44. The lowest BCUT2D eigenvalue weighted by Gasteiger charge is -1.99. The van der Waals surface area contributed by atoms with Gasteiger partial charge in [0.05, 0.1) is 5.56 Å². The Morgan fingerprint density at radius 2 is 2.29 bits per heavy atom. The molecule has 2 heterocycles. The Kier molecular flexibility index (Phi) is 2.04. The van der Waals surface area contributed by atoms with Gasteiger partial charge in [0, 0.05) is 12.6 Å². The maximum atomic E-state index is 11.6. The van der Waals surface area contributed by atoms with Crippen LogP contribution in [0.3, 0.4) is 0 Å². The molecule has 0 spiro atoms. The van der Waals surface area contributed by atoms with Crippen LogP contribution in [0.2, 0.25) is 0 Å². The summed E-state index contributed by atoms with van der Waals surface area (Å²) in [6, 6.07) is 3.63. The van der Waals surface area contributed by atoms with E-state index in [0.717, 1.165) is 5.82 Å². The fourth-order valence-electron chi connectivity index (χ4n) is 1.44. The van der Waals surface area contributed by atoms with E-state index in [1.807, 2.05) is 30.5 Å². The van der Waals surface area contributed by atoms with Crippen LogP contribution in [0.4, 0.5) is 0 Å². The molecule has 0 fully saturated rings. The Balaban J connectivity index is 2.71. The quantitative estimate of drug-likeness (QED) is 0.674. The maximum absolute atomic E-state index is 11.6. The Morgan fingerprint density at radius 1 is 1.50 bits per heavy atom. The summed E-state index contributed by atoms with van der Waals surface area (Å²) in [7, 11) is 0. The fraction of sp³-hybridized carbons (Fsp3) is 0.300. The van der Waals surface area contributed by atoms with Gasteiger partial charge in [-0.2, -0.15) is 0 Å². The number of rotatable bonds is 2. The second kappa shape index (κ2) is 3.21. The molecule has 0 unspecified atom stereocenters. The molecule has 0 aliphatic heterocycles. The molecule has 0 aromatic carbocycles. The zero-order valence-corrected chi connectivity index (χ0v) is 8.19. The van der Waals surface area contributed by atoms with Gasteiger partial charge in [0.2, 0.25) is 0 Å². The monoisotopic (exact) mass is 189 g/mol. The van der Waals surface area contributed by atoms with Gasteiger partial charge in [-0.15, -0.1) is 10.2 Å². The largest absolute Gasteiger partial charge is 0.294 e. The average Bonchev–Trinajstić information content (AvgIpc) is 2.59. The third-order valence-corrected chi connectivity index (χ3v) is 2.23. The molecule has 4 nitrogen and oxygen atoms in total. The molecule has 4 heteroatoms. The molecule has 0 N–H and O–H groups in total. The Hall–Kier alpha value is -1.71. The highest BCUT2D eigenvalue weighted by atomic mass is 16.1. The summed E-state index contributed by atoms with van der Waals surface area (Å²) < 4.78 is 1.82. The molecular formula is C10H11N3O. The number of ketones is 1. The van der Waals surface area contributed by atoms with Gasteiger partial charge in [0.1, 0.15) is 5.82 Å². The highest BCUT2D eigenvalue weighted by molar-refractivity contribution is 6.01. The van der Waals surface area contributed by atoms with Crippen molar-refractivity contribution in [1.29, 1.82) is 0 Å². The van der Waals surface area contributed by atoms with Crippen molar-refractivity contribution in [2.24, 2.45) is 0 Å². The van der Waals surface area contributed by atoms with Crippen molar-refractivity contribution in [2.75, 3.05) is 0 Å². The van der Waals surface area contributed by atoms with E-state index in [-0.39, 0.29) is 5.78 Å². The molecule has 14 heavy (non-hydrogen) atoms. The molecule has 0 amide bonds. The highest BCUT2D eigenvalue weighted by Crippen LogP contribution is 2.11. The van der Waals surface area contributed by atoms with E-state index >= 15 is 0 Å². The Morgan fingerprint density at radius 3 is 3.00 bits per heavy atom. The minimum atomic E-state index is 0.100. The third-order valence-electron chi connectivity index (χ3n) is 2.23. The van der Waals surface area contributed by atoms with Crippen molar-refractivity contribution in [1.82, 2.24) is 14.6 Å². The second-order valence-corrected chi connectivity index (χ2v) is 3.14. The molecule has 2 rings (SSSR count). The SMILES string of the molecule is CCC(=O)c1cccn2c(C)nnc12. The second-order valence-electron chi connectivity index (χ2n) is 3.14. The van der Waals surface area contributed by atoms with E-state index in [1.165, 1.54) is 0 Å². The maximum Gasteiger partial charge on any atom is 0.171 e. The van der Waals surface area contributed by atoms with Crippen molar-refractivity contribution in [3.05, 3.63) is 29.7 Å². The number of pyridine rings is 1. The summed E-state index contributed by atoms with van der Waals surface area (Å²) in [4.78, 5) is 11.6. The van der Waals surface area contributed by atoms with E-state index in [2.05, 4.69) is 10.2 Å². The first-order chi connectivity index (χ1) is 6.74. The predicted molar refractivity (Wildman–Crippen MR) is 52.3 cm³/mol. The Bertz CT molecular complexity index is 487. The van der Waals surface area contributed by atoms with Gasteiger partial charge in [0.15, 0.2) is 11.4 Å². The minimum absolute atomic E-state index is 0.100. The lowest BCUT2D eigenvalue weighted by molar-refractivity contribution is 0.0989. The van der Waals surface area contributed by atoms with Crippen LogP contribution in [-0.2, 0) is 0 Å². The molecule has 0 radical (unpaired) electrons. The van der Waals surface area contributed by atoms with Gasteiger partial charge >= 0.3 is 0 Å². The van der Waals surface area contributed by atoms with Crippen molar-refractivity contribution in [3.8, 4) is 0 Å². The first-order valence-corrected chi connectivity index (χ1v) is 4.57. The number of carbonyl (C=O) groups is 1. The van der Waals surface area contributed by atoms with Gasteiger partial charge < -0.3 is 0 Å². The minimum Gasteiger partial charge on any atom is -0.294 e. The lowest BCUT2D eigenvalue weighted by Crippen LogP contribution is -2.00. The first-order valence-electron chi connectivity index (χ1n) is 4.57. The summed E-state index contributed by atoms with van der Waals surface area (Å²) in [6.07, 6.45) is 2.35. The van der Waals surface area contributed by atoms with Gasteiger partial charge in [-0.3, -0.25) is 9.20 Å². The average molecular weight is 189 g/mol. The summed E-state index contributed by atoms with van der Waals surface area (Å²) in [5, 5.41) is 7.91. The van der Waals surface area contributed by atoms with Gasteiger partial charge in [-0.1, -0.05) is 6.92 Å². The first kappa shape index (κ1) is 8.87. The van der Waals surface area contributed by atoms with Crippen LogP contribution in [0.15, 0.2) is 18.3 Å². The van der Waals surface area contributed by atoms with Crippen LogP contribution in [-0.4, -0.2) is 20.4 Å². The zero-order valence-electron chi connectivity index (χ0n) is 8.19. The summed E-state index contributed by atoms with van der Waals surface area (Å²) in [5.74, 6) is 0.897. The molecule has 0 aliphatic carbocycles. The number of hydrogen-bond donors (Lipinski definition) is 0. The molecule has 0 aliphatic rings. The van der Waals surface area contributed by atoms with E-state index in [4.69, 9.17) is 0 Å². The predicted octanol–water partition coefficient (Wildman–Crippen LogP) is 1.63. The highest BCUT2D eigenvalue weighted by Gasteiger charge is 2.10. The number of hydrogen-bond acceptors (Lipinski definition) is 3. The lowest BCUT2D eigenvalue weighted by atomic mass is 10.1. The van der Waals surface area contributed by atoms with Crippen LogP contribution in [0, 0.1) is 6.92 Å². The number of aromatic nitrogens is 3. The van der Waals surface area contributed by atoms with Gasteiger partial charge in [-0.25, -0.2) is 0 Å². The van der Waals surface area contributed by atoms with E-state index in [9.17, 15) is 4.79 Å². The van der Waals surface area contributed by atoms with Crippen molar-refractivity contribution >= 4 is 11.4 Å². The van der Waals surface area contributed by atoms with E-state index in [1.54, 1.807) is 6.07 Å². The van der Waals surface area contributed by atoms with E-state index in [0.29, 0.717) is 17.6 Å². The van der Waals surface area contributed by atoms with E-state index < -0.39 is 0 Å². The molecule has 2 aromatic heterocycles. The topological polar surface area (TPSA) is 47.3 Å². The summed E-state index contributed by atoms with van der Waals surface area (Å²) in [6.45, 7) is 3.70. The molecule has 0 saturated carbocycles. The van der Waals surface area contributed by atoms with Crippen molar-refractivity contribution < 1.29 is 4.79 Å². The summed E-state index contributed by atoms with van der Waals surface area (Å²) >= 11 is 0. The number of aryl methyl sites for hydroxylation is 1. The molecular weight excluding hydrogens is 178 g/mol. The standard InChI is InChI=1S/C10H11N3O/c1-3-9(14)8-5-4-6-13-7(2)11-12-10(8)13/h4-6H,3H2,1-2H3. The molecule has 2 aromatic rings. The smallest absolute Gasteiger partial charge is 0.171 e. The van der Waals surface area contributed by atoms with Crippen LogP contribution < -0.4 is 0 Å². The van der Waals surface area contributed by atoms with Crippen molar-refractivity contribution in [3.63, 3.8) is 0 Å². The number of nitrogens with zero attached hydrogens (tertiary/aromatic N) is 3. The number of carbonyl (C=O) groups excluding carboxylic acids is 1. The third kappa shape index (κ3) is 1.19. The molecule has 0 saturated heterocycles.